The maximum absolute atomic E-state index is 11.8. The fourth-order valence-corrected chi connectivity index (χ4v) is 1.77. The van der Waals surface area contributed by atoms with Crippen LogP contribution in [0.15, 0.2) is 28.7 Å². The summed E-state index contributed by atoms with van der Waals surface area (Å²) < 4.78 is 15.5. The Labute approximate surface area is 109 Å². The van der Waals surface area contributed by atoms with E-state index in [2.05, 4.69) is 4.40 Å². The molecule has 1 aromatic carbocycles. The zero-order valence-corrected chi connectivity index (χ0v) is 11.7. The molecule has 0 aliphatic rings. The highest BCUT2D eigenvalue weighted by Gasteiger charge is 2.19. The third kappa shape index (κ3) is 3.73. The lowest BCUT2D eigenvalue weighted by atomic mass is 10.1. The highest BCUT2D eigenvalue weighted by atomic mass is 32.2. The molecule has 0 fully saturated rings. The van der Waals surface area contributed by atoms with Crippen LogP contribution in [0.2, 0.25) is 0 Å². The third-order valence-electron chi connectivity index (χ3n) is 2.24. The van der Waals surface area contributed by atoms with Gasteiger partial charge >= 0.3 is 0 Å². The Morgan fingerprint density at radius 1 is 1.28 bits per heavy atom. The Balaban J connectivity index is 2.98. The lowest BCUT2D eigenvalue weighted by Gasteiger charge is -2.14. The van der Waals surface area contributed by atoms with Crippen molar-refractivity contribution < 1.29 is 9.13 Å². The maximum atomic E-state index is 11.8. The molecule has 1 unspecified atom stereocenters. The number of nitrogens with zero attached hydrogens (tertiary/aromatic N) is 2. The molecular weight excluding hydrogens is 252 g/mol. The topological polar surface area (TPSA) is 72.6 Å². The molecule has 6 heteroatoms. The second kappa shape index (κ2) is 5.39. The average Bonchev–Trinajstić information content (AvgIpc) is 2.27. The molecule has 0 radical (unpaired) electrons. The van der Waals surface area contributed by atoms with Crippen molar-refractivity contribution in [3.8, 4) is 0 Å². The number of nitro groups is 1. The smallest absolute Gasteiger partial charge is 0.258 e. The van der Waals surface area contributed by atoms with Crippen molar-refractivity contribution in [3.63, 3.8) is 0 Å². The number of hydrogen-bond acceptors (Lipinski definition) is 3. The summed E-state index contributed by atoms with van der Waals surface area (Å²) in [4.78, 5) is 10.1. The van der Waals surface area contributed by atoms with Crippen molar-refractivity contribution in [1.82, 2.24) is 0 Å². The van der Waals surface area contributed by atoms with Gasteiger partial charge in [-0.3, -0.25) is 10.1 Å². The molecule has 1 atom stereocenters. The van der Waals surface area contributed by atoms with Crippen LogP contribution in [-0.4, -0.2) is 19.6 Å². The molecule has 0 aromatic heterocycles. The van der Waals surface area contributed by atoms with Crippen LogP contribution in [0.5, 0.6) is 0 Å². The van der Waals surface area contributed by atoms with Crippen molar-refractivity contribution in [2.24, 2.45) is 4.40 Å². The molecular formula is C12H16N2O3S. The van der Waals surface area contributed by atoms with Crippen molar-refractivity contribution in [3.05, 3.63) is 39.9 Å². The monoisotopic (exact) mass is 268 g/mol. The van der Waals surface area contributed by atoms with Crippen molar-refractivity contribution in [1.29, 1.82) is 0 Å². The first-order valence-electron chi connectivity index (χ1n) is 5.44. The largest absolute Gasteiger partial charge is 0.269 e. The number of nitro benzene ring substituents is 1. The van der Waals surface area contributed by atoms with Crippen LogP contribution in [0.1, 0.15) is 33.3 Å². The zero-order chi connectivity index (χ0) is 13.9. The van der Waals surface area contributed by atoms with Gasteiger partial charge < -0.3 is 0 Å². The van der Waals surface area contributed by atoms with Gasteiger partial charge in [-0.1, -0.05) is 0 Å². The van der Waals surface area contributed by atoms with Gasteiger partial charge in [0.25, 0.3) is 5.69 Å². The summed E-state index contributed by atoms with van der Waals surface area (Å²) in [6, 6.07) is 6.04. The van der Waals surface area contributed by atoms with E-state index in [4.69, 9.17) is 0 Å². The standard InChI is InChI=1S/C12H16N2O3S/c1-9(13-18(17)12(2,3)4)10-5-7-11(8-6-10)14(15)16/h5-8H,1-4H3/b13-9+. The van der Waals surface area contributed by atoms with E-state index in [1.54, 1.807) is 19.1 Å². The minimum Gasteiger partial charge on any atom is -0.258 e. The van der Waals surface area contributed by atoms with Crippen LogP contribution in [-0.2, 0) is 11.0 Å². The first kappa shape index (κ1) is 14.5. The van der Waals surface area contributed by atoms with Crippen LogP contribution < -0.4 is 0 Å². The van der Waals surface area contributed by atoms with Crippen molar-refractivity contribution >= 4 is 22.4 Å². The summed E-state index contributed by atoms with van der Waals surface area (Å²) in [5.41, 5.74) is 1.37. The molecule has 5 nitrogen and oxygen atoms in total. The van der Waals surface area contributed by atoms with Crippen LogP contribution in [0.25, 0.3) is 0 Å². The van der Waals surface area contributed by atoms with E-state index in [-0.39, 0.29) is 5.69 Å². The molecule has 0 aliphatic heterocycles. The summed E-state index contributed by atoms with van der Waals surface area (Å²) >= 11 is 0. The van der Waals surface area contributed by atoms with Gasteiger partial charge in [-0.25, -0.2) is 4.21 Å². The van der Waals surface area contributed by atoms with Crippen LogP contribution in [0.3, 0.4) is 0 Å². The first-order chi connectivity index (χ1) is 8.21. The number of non-ortho nitro benzene ring substituents is 1. The van der Waals surface area contributed by atoms with E-state index >= 15 is 0 Å². The Bertz CT molecular complexity index is 501. The molecule has 0 heterocycles. The quantitative estimate of drug-likeness (QED) is 0.480. The summed E-state index contributed by atoms with van der Waals surface area (Å²) in [5.74, 6) is 0. The lowest BCUT2D eigenvalue weighted by Crippen LogP contribution is -2.20. The van der Waals surface area contributed by atoms with E-state index in [0.717, 1.165) is 5.56 Å². The fraction of sp³-hybridized carbons (Fsp3) is 0.417. The number of benzene rings is 1. The van der Waals surface area contributed by atoms with E-state index in [1.165, 1.54) is 12.1 Å². The third-order valence-corrected chi connectivity index (χ3v) is 3.73. The Morgan fingerprint density at radius 2 is 1.78 bits per heavy atom. The van der Waals surface area contributed by atoms with Gasteiger partial charge in [0.15, 0.2) is 0 Å². The highest BCUT2D eigenvalue weighted by molar-refractivity contribution is 7.85. The van der Waals surface area contributed by atoms with Crippen molar-refractivity contribution in [2.75, 3.05) is 0 Å². The Kier molecular flexibility index (Phi) is 4.34. The normalized spacial score (nSPS) is 14.3. The van der Waals surface area contributed by atoms with Crippen LogP contribution in [0.4, 0.5) is 5.69 Å². The molecule has 0 bridgehead atoms. The van der Waals surface area contributed by atoms with E-state index < -0.39 is 20.7 Å². The molecule has 1 rings (SSSR count). The summed E-state index contributed by atoms with van der Waals surface area (Å²) in [5, 5.41) is 10.5. The molecule has 0 spiro atoms. The molecule has 0 amide bonds. The van der Waals surface area contributed by atoms with Crippen LogP contribution in [0, 0.1) is 10.1 Å². The minimum atomic E-state index is -1.33. The second-order valence-corrected chi connectivity index (χ2v) is 6.75. The molecule has 0 N–H and O–H groups in total. The Hall–Kier alpha value is -1.56. The van der Waals surface area contributed by atoms with E-state index in [1.807, 2.05) is 20.8 Å². The van der Waals surface area contributed by atoms with Gasteiger partial charge in [0.05, 0.1) is 15.4 Å². The van der Waals surface area contributed by atoms with E-state index in [0.29, 0.717) is 5.71 Å². The SMILES string of the molecule is C/C(=N\S(=O)C(C)(C)C)c1ccc([N+](=O)[O-])cc1. The summed E-state index contributed by atoms with van der Waals surface area (Å²) in [6.07, 6.45) is 0. The van der Waals surface area contributed by atoms with Gasteiger partial charge in [-0.15, -0.1) is 0 Å². The van der Waals surface area contributed by atoms with Gasteiger partial charge in [0, 0.05) is 12.1 Å². The molecule has 0 saturated heterocycles. The van der Waals surface area contributed by atoms with E-state index in [9.17, 15) is 14.3 Å². The van der Waals surface area contributed by atoms with Crippen LogP contribution >= 0.6 is 0 Å². The van der Waals surface area contributed by atoms with Gasteiger partial charge in [-0.2, -0.15) is 4.40 Å². The first-order valence-corrected chi connectivity index (χ1v) is 6.54. The molecule has 18 heavy (non-hydrogen) atoms. The molecule has 98 valence electrons. The molecule has 0 aliphatic carbocycles. The number of rotatable bonds is 3. The molecule has 0 saturated carbocycles. The highest BCUT2D eigenvalue weighted by Crippen LogP contribution is 2.16. The Morgan fingerprint density at radius 3 is 2.17 bits per heavy atom. The van der Waals surface area contributed by atoms with Gasteiger partial charge in [0.1, 0.15) is 11.0 Å². The second-order valence-electron chi connectivity index (χ2n) is 4.84. The lowest BCUT2D eigenvalue weighted by molar-refractivity contribution is -0.384. The van der Waals surface area contributed by atoms with Gasteiger partial charge in [-0.05, 0) is 45.4 Å². The summed E-state index contributed by atoms with van der Waals surface area (Å²) in [7, 11) is -1.33. The zero-order valence-electron chi connectivity index (χ0n) is 10.8. The molecule has 1 aromatic rings. The maximum Gasteiger partial charge on any atom is 0.269 e. The summed E-state index contributed by atoms with van der Waals surface area (Å²) in [6.45, 7) is 7.27. The van der Waals surface area contributed by atoms with Crippen molar-refractivity contribution in [2.45, 2.75) is 32.4 Å². The fourth-order valence-electron chi connectivity index (χ4n) is 1.14. The predicted molar refractivity (Wildman–Crippen MR) is 73.2 cm³/mol. The minimum absolute atomic E-state index is 0.0310. The average molecular weight is 268 g/mol. The number of hydrogen-bond donors (Lipinski definition) is 0. The van der Waals surface area contributed by atoms with Gasteiger partial charge in [0.2, 0.25) is 0 Å². The predicted octanol–water partition coefficient (Wildman–Crippen LogP) is 2.87.